The fourth-order valence-corrected chi connectivity index (χ4v) is 0.634. The van der Waals surface area contributed by atoms with Gasteiger partial charge in [-0.25, -0.2) is 0 Å². The molecule has 0 heterocycles. The summed E-state index contributed by atoms with van der Waals surface area (Å²) in [5.41, 5.74) is 6.09. The van der Waals surface area contributed by atoms with E-state index in [1.165, 1.54) is 13.0 Å². The number of carbonyl (C=O) groups excluding carboxylic acids is 1. The van der Waals surface area contributed by atoms with Gasteiger partial charge < -0.3 is 11.1 Å². The third-order valence-corrected chi connectivity index (χ3v) is 1.10. The molecule has 0 aliphatic rings. The normalized spacial score (nSPS) is 12.2. The van der Waals surface area contributed by atoms with Crippen LogP contribution in [0.5, 0.6) is 0 Å². The predicted molar refractivity (Wildman–Crippen MR) is 46.1 cm³/mol. The second kappa shape index (κ2) is 4.91. The van der Waals surface area contributed by atoms with Crippen LogP contribution in [0, 0.1) is 0 Å². The summed E-state index contributed by atoms with van der Waals surface area (Å²) in [7, 11) is 0. The Morgan fingerprint density at radius 2 is 2.18 bits per heavy atom. The van der Waals surface area contributed by atoms with Crippen molar-refractivity contribution in [3.05, 3.63) is 11.8 Å². The molecule has 0 amide bonds. The standard InChI is InChI=1S/C8H16N2O/c1-6(2)10-5-8(9)4-7(3)11/h4,6,10H,5,9H2,1-3H3/b8-4-. The van der Waals surface area contributed by atoms with Crippen molar-refractivity contribution in [2.24, 2.45) is 5.73 Å². The molecule has 0 aromatic carbocycles. The predicted octanol–water partition coefficient (Wildman–Crippen LogP) is 0.416. The Balaban J connectivity index is 3.68. The van der Waals surface area contributed by atoms with E-state index < -0.39 is 0 Å². The van der Waals surface area contributed by atoms with E-state index in [2.05, 4.69) is 5.32 Å². The fraction of sp³-hybridized carbons (Fsp3) is 0.625. The first-order chi connectivity index (χ1) is 5.02. The first-order valence-electron chi connectivity index (χ1n) is 3.72. The summed E-state index contributed by atoms with van der Waals surface area (Å²) in [5.74, 6) is -0.00643. The molecule has 3 nitrogen and oxygen atoms in total. The second-order valence-corrected chi connectivity index (χ2v) is 2.87. The molecule has 3 heteroatoms. The van der Waals surface area contributed by atoms with Crippen LogP contribution >= 0.6 is 0 Å². The van der Waals surface area contributed by atoms with Gasteiger partial charge in [-0.3, -0.25) is 4.79 Å². The van der Waals surface area contributed by atoms with Crippen molar-refractivity contribution in [2.75, 3.05) is 6.54 Å². The molecule has 0 bridgehead atoms. The quantitative estimate of drug-likeness (QED) is 0.580. The van der Waals surface area contributed by atoms with E-state index in [-0.39, 0.29) is 5.78 Å². The lowest BCUT2D eigenvalue weighted by molar-refractivity contribution is -0.112. The Bertz CT molecular complexity index is 161. The molecule has 3 N–H and O–H groups in total. The minimum absolute atomic E-state index is 0.00643. The van der Waals surface area contributed by atoms with Gasteiger partial charge in [-0.1, -0.05) is 13.8 Å². The van der Waals surface area contributed by atoms with Crippen LogP contribution in [0.2, 0.25) is 0 Å². The van der Waals surface area contributed by atoms with Crippen LogP contribution in [-0.4, -0.2) is 18.4 Å². The van der Waals surface area contributed by atoms with Gasteiger partial charge in [-0.15, -0.1) is 0 Å². The van der Waals surface area contributed by atoms with Crippen LogP contribution in [0.15, 0.2) is 11.8 Å². The first-order valence-corrected chi connectivity index (χ1v) is 3.72. The van der Waals surface area contributed by atoms with Gasteiger partial charge in [-0.2, -0.15) is 0 Å². The molecule has 0 saturated heterocycles. The van der Waals surface area contributed by atoms with Crippen LogP contribution in [0.3, 0.4) is 0 Å². The Morgan fingerprint density at radius 1 is 1.64 bits per heavy atom. The summed E-state index contributed by atoms with van der Waals surface area (Å²) >= 11 is 0. The zero-order valence-electron chi connectivity index (χ0n) is 7.35. The topological polar surface area (TPSA) is 55.1 Å². The van der Waals surface area contributed by atoms with E-state index in [4.69, 9.17) is 5.73 Å². The maximum Gasteiger partial charge on any atom is 0.154 e. The van der Waals surface area contributed by atoms with Crippen molar-refractivity contribution < 1.29 is 4.79 Å². The van der Waals surface area contributed by atoms with Crippen LogP contribution < -0.4 is 11.1 Å². The summed E-state index contributed by atoms with van der Waals surface area (Å²) in [5, 5.41) is 3.11. The van der Waals surface area contributed by atoms with Gasteiger partial charge in [0.15, 0.2) is 5.78 Å². The number of carbonyl (C=O) groups is 1. The van der Waals surface area contributed by atoms with E-state index in [1.54, 1.807) is 0 Å². The highest BCUT2D eigenvalue weighted by Crippen LogP contribution is 1.84. The van der Waals surface area contributed by atoms with E-state index >= 15 is 0 Å². The molecule has 0 spiro atoms. The number of rotatable bonds is 4. The van der Waals surface area contributed by atoms with Crippen molar-refractivity contribution >= 4 is 5.78 Å². The minimum Gasteiger partial charge on any atom is -0.401 e. The van der Waals surface area contributed by atoms with E-state index in [0.717, 1.165) is 0 Å². The highest BCUT2D eigenvalue weighted by Gasteiger charge is 1.94. The van der Waals surface area contributed by atoms with Crippen molar-refractivity contribution in [2.45, 2.75) is 26.8 Å². The average molecular weight is 156 g/mol. The Kier molecular flexibility index (Phi) is 4.54. The molecule has 0 aromatic rings. The third-order valence-electron chi connectivity index (χ3n) is 1.10. The van der Waals surface area contributed by atoms with Crippen molar-refractivity contribution in [3.63, 3.8) is 0 Å². The average Bonchev–Trinajstić information content (AvgIpc) is 1.82. The zero-order valence-corrected chi connectivity index (χ0v) is 7.35. The number of allylic oxidation sites excluding steroid dienone is 1. The first kappa shape index (κ1) is 10.2. The summed E-state index contributed by atoms with van der Waals surface area (Å²) in [6, 6.07) is 0.397. The number of hydrogen-bond acceptors (Lipinski definition) is 3. The molecule has 0 atom stereocenters. The number of hydrogen-bond donors (Lipinski definition) is 2. The molecule has 0 aromatic heterocycles. The molecular formula is C8H16N2O. The second-order valence-electron chi connectivity index (χ2n) is 2.87. The molecule has 11 heavy (non-hydrogen) atoms. The molecule has 0 saturated carbocycles. The van der Waals surface area contributed by atoms with Gasteiger partial charge >= 0.3 is 0 Å². The lowest BCUT2D eigenvalue weighted by Crippen LogP contribution is -2.27. The maximum absolute atomic E-state index is 10.5. The van der Waals surface area contributed by atoms with Gasteiger partial charge in [0, 0.05) is 24.4 Å². The van der Waals surface area contributed by atoms with Gasteiger partial charge in [0.05, 0.1) is 0 Å². The van der Waals surface area contributed by atoms with E-state index in [1.807, 2.05) is 13.8 Å². The van der Waals surface area contributed by atoms with Crippen molar-refractivity contribution in [1.82, 2.24) is 5.32 Å². The van der Waals surface area contributed by atoms with E-state index in [9.17, 15) is 4.79 Å². The Labute approximate surface area is 67.7 Å². The van der Waals surface area contributed by atoms with Crippen LogP contribution in [0.25, 0.3) is 0 Å². The monoisotopic (exact) mass is 156 g/mol. The van der Waals surface area contributed by atoms with Crippen LogP contribution in [-0.2, 0) is 4.79 Å². The Hall–Kier alpha value is -0.830. The number of nitrogens with two attached hydrogens (primary N) is 1. The summed E-state index contributed by atoms with van der Waals surface area (Å²) in [6.07, 6.45) is 1.44. The smallest absolute Gasteiger partial charge is 0.154 e. The van der Waals surface area contributed by atoms with Gasteiger partial charge in [0.25, 0.3) is 0 Å². The maximum atomic E-state index is 10.5. The lowest BCUT2D eigenvalue weighted by atomic mass is 10.3. The molecule has 0 radical (unpaired) electrons. The summed E-state index contributed by atoms with van der Waals surface area (Å²) < 4.78 is 0. The fourth-order valence-electron chi connectivity index (χ4n) is 0.634. The largest absolute Gasteiger partial charge is 0.401 e. The van der Waals surface area contributed by atoms with Crippen LogP contribution in [0.1, 0.15) is 20.8 Å². The Morgan fingerprint density at radius 3 is 2.55 bits per heavy atom. The SMILES string of the molecule is CC(=O)/C=C(\N)CNC(C)C. The van der Waals surface area contributed by atoms with Crippen LogP contribution in [0.4, 0.5) is 0 Å². The summed E-state index contributed by atoms with van der Waals surface area (Å²) in [6.45, 7) is 6.13. The molecule has 0 unspecified atom stereocenters. The third kappa shape index (κ3) is 7.06. The number of ketones is 1. The molecule has 64 valence electrons. The molecule has 0 aliphatic heterocycles. The lowest BCUT2D eigenvalue weighted by Gasteiger charge is -2.06. The van der Waals surface area contributed by atoms with Crippen molar-refractivity contribution in [3.8, 4) is 0 Å². The molecule has 0 aliphatic carbocycles. The van der Waals surface area contributed by atoms with Gasteiger partial charge in [-0.05, 0) is 6.92 Å². The minimum atomic E-state index is -0.00643. The highest BCUT2D eigenvalue weighted by molar-refractivity contribution is 5.87. The zero-order chi connectivity index (χ0) is 8.85. The molecule has 0 fully saturated rings. The molecular weight excluding hydrogens is 140 g/mol. The number of nitrogens with one attached hydrogen (secondary N) is 1. The van der Waals surface area contributed by atoms with Gasteiger partial charge in [0.1, 0.15) is 0 Å². The summed E-state index contributed by atoms with van der Waals surface area (Å²) in [4.78, 5) is 10.5. The highest BCUT2D eigenvalue weighted by atomic mass is 16.1. The van der Waals surface area contributed by atoms with Gasteiger partial charge in [0.2, 0.25) is 0 Å². The van der Waals surface area contributed by atoms with Crippen molar-refractivity contribution in [1.29, 1.82) is 0 Å². The molecule has 0 rings (SSSR count). The van der Waals surface area contributed by atoms with E-state index in [0.29, 0.717) is 18.3 Å².